The highest BCUT2D eigenvalue weighted by atomic mass is 32.2. The van der Waals surface area contributed by atoms with E-state index in [1.165, 1.54) is 6.26 Å². The van der Waals surface area contributed by atoms with Crippen LogP contribution in [0.1, 0.15) is 48.8 Å². The fourth-order valence-electron chi connectivity index (χ4n) is 1.88. The van der Waals surface area contributed by atoms with Crippen LogP contribution in [0.4, 0.5) is 0 Å². The quantitative estimate of drug-likeness (QED) is 0.869. The minimum Gasteiger partial charge on any atom is -0.312 e. The molecule has 0 aliphatic heterocycles. The molecule has 0 saturated heterocycles. The van der Waals surface area contributed by atoms with Crippen LogP contribution in [-0.2, 0) is 16.4 Å². The zero-order valence-corrected chi connectivity index (χ0v) is 14.0. The predicted octanol–water partition coefficient (Wildman–Crippen LogP) is 1.94. The first-order valence-electron chi connectivity index (χ1n) is 6.86. The molecule has 0 aliphatic carbocycles. The van der Waals surface area contributed by atoms with Gasteiger partial charge in [-0.15, -0.1) is 0 Å². The van der Waals surface area contributed by atoms with Gasteiger partial charge in [-0.1, -0.05) is 13.8 Å². The Morgan fingerprint density at radius 1 is 1.10 bits per heavy atom. The second kappa shape index (κ2) is 6.63. The van der Waals surface area contributed by atoms with Crippen molar-refractivity contribution in [3.63, 3.8) is 0 Å². The molecule has 0 radical (unpaired) electrons. The highest BCUT2D eigenvalue weighted by molar-refractivity contribution is 7.90. The maximum atomic E-state index is 11.6. The molecule has 1 heterocycles. The Bertz CT molecular complexity index is 545. The number of hydrogen-bond acceptors (Lipinski definition) is 5. The lowest BCUT2D eigenvalue weighted by Crippen LogP contribution is -2.22. The van der Waals surface area contributed by atoms with Crippen molar-refractivity contribution >= 4 is 9.84 Å². The van der Waals surface area contributed by atoms with E-state index in [9.17, 15) is 8.42 Å². The molecule has 1 rings (SSSR count). The maximum absolute atomic E-state index is 11.6. The van der Waals surface area contributed by atoms with E-state index in [2.05, 4.69) is 29.1 Å². The van der Waals surface area contributed by atoms with Gasteiger partial charge in [-0.2, -0.15) is 0 Å². The van der Waals surface area contributed by atoms with Gasteiger partial charge in [0.05, 0.1) is 0 Å². The van der Waals surface area contributed by atoms with E-state index in [4.69, 9.17) is 0 Å². The molecule has 0 spiro atoms. The number of sulfone groups is 1. The number of hydrogen-bond donors (Lipinski definition) is 1. The molecule has 20 heavy (non-hydrogen) atoms. The summed E-state index contributed by atoms with van der Waals surface area (Å²) in [4.78, 5) is 8.74. The zero-order chi connectivity index (χ0) is 15.5. The Kier molecular flexibility index (Phi) is 5.65. The van der Waals surface area contributed by atoms with E-state index in [1.54, 1.807) is 6.92 Å². The molecule has 1 aromatic heterocycles. The normalized spacial score (nSPS) is 13.8. The summed E-state index contributed by atoms with van der Waals surface area (Å²) >= 11 is 0. The van der Waals surface area contributed by atoms with Gasteiger partial charge in [0.15, 0.2) is 9.84 Å². The van der Waals surface area contributed by atoms with Crippen molar-refractivity contribution in [1.82, 2.24) is 15.3 Å². The lowest BCUT2D eigenvalue weighted by molar-refractivity contribution is 0.548. The smallest absolute Gasteiger partial charge is 0.157 e. The summed E-state index contributed by atoms with van der Waals surface area (Å²) in [5, 5.41) is 2.69. The Morgan fingerprint density at radius 2 is 1.60 bits per heavy atom. The first-order valence-corrected chi connectivity index (χ1v) is 8.82. The van der Waals surface area contributed by atoms with E-state index in [0.717, 1.165) is 23.5 Å². The highest BCUT2D eigenvalue weighted by Gasteiger charge is 2.21. The third kappa shape index (κ3) is 4.52. The SMILES string of the molecule is Cc1nc(C(C)S(C)(=O)=O)nc(C)c1CNCC(C)C. The Balaban J connectivity index is 2.98. The summed E-state index contributed by atoms with van der Waals surface area (Å²) in [5.41, 5.74) is 2.74. The third-order valence-electron chi connectivity index (χ3n) is 3.30. The molecule has 5 nitrogen and oxygen atoms in total. The van der Waals surface area contributed by atoms with Gasteiger partial charge in [-0.25, -0.2) is 18.4 Å². The number of aryl methyl sites for hydroxylation is 2. The Hall–Kier alpha value is -1.01. The van der Waals surface area contributed by atoms with Crippen molar-refractivity contribution in [3.05, 3.63) is 22.8 Å². The van der Waals surface area contributed by atoms with Crippen molar-refractivity contribution in [2.45, 2.75) is 46.4 Å². The van der Waals surface area contributed by atoms with Gasteiger partial charge in [-0.05, 0) is 33.2 Å². The zero-order valence-electron chi connectivity index (χ0n) is 13.2. The molecular weight excluding hydrogens is 274 g/mol. The van der Waals surface area contributed by atoms with Crippen LogP contribution >= 0.6 is 0 Å². The average molecular weight is 299 g/mol. The number of aromatic nitrogens is 2. The summed E-state index contributed by atoms with van der Waals surface area (Å²) < 4.78 is 23.2. The molecule has 1 atom stereocenters. The monoisotopic (exact) mass is 299 g/mol. The first-order chi connectivity index (χ1) is 9.12. The van der Waals surface area contributed by atoms with Gasteiger partial charge in [0.2, 0.25) is 0 Å². The minimum absolute atomic E-state index is 0.384. The molecule has 0 aliphatic rings. The second-order valence-electron chi connectivity index (χ2n) is 5.73. The van der Waals surface area contributed by atoms with Gasteiger partial charge in [0.1, 0.15) is 11.1 Å². The van der Waals surface area contributed by atoms with E-state index in [0.29, 0.717) is 18.3 Å². The molecule has 6 heteroatoms. The molecule has 1 aromatic rings. The van der Waals surface area contributed by atoms with Gasteiger partial charge in [-0.3, -0.25) is 0 Å². The molecule has 114 valence electrons. The van der Waals surface area contributed by atoms with Gasteiger partial charge < -0.3 is 5.32 Å². The molecule has 0 amide bonds. The van der Waals surface area contributed by atoms with Crippen LogP contribution in [0.15, 0.2) is 0 Å². The lowest BCUT2D eigenvalue weighted by atomic mass is 10.1. The predicted molar refractivity (Wildman–Crippen MR) is 81.3 cm³/mol. The fourth-order valence-corrected chi connectivity index (χ4v) is 2.37. The van der Waals surface area contributed by atoms with Crippen LogP contribution in [-0.4, -0.2) is 31.2 Å². The van der Waals surface area contributed by atoms with Crippen LogP contribution in [0.3, 0.4) is 0 Å². The van der Waals surface area contributed by atoms with Crippen molar-refractivity contribution in [3.8, 4) is 0 Å². The minimum atomic E-state index is -3.17. The number of nitrogens with one attached hydrogen (secondary N) is 1. The van der Waals surface area contributed by atoms with Crippen molar-refractivity contribution in [1.29, 1.82) is 0 Å². The highest BCUT2D eigenvalue weighted by Crippen LogP contribution is 2.20. The molecule has 0 fully saturated rings. The van der Waals surface area contributed by atoms with Crippen molar-refractivity contribution in [2.24, 2.45) is 5.92 Å². The summed E-state index contributed by atoms with van der Waals surface area (Å²) in [6.45, 7) is 11.4. The standard InChI is InChI=1S/C14H25N3O2S/c1-9(2)7-15-8-13-10(3)16-14(17-11(13)4)12(5)20(6,18)19/h9,12,15H,7-8H2,1-6H3. The second-order valence-corrected chi connectivity index (χ2v) is 8.09. The summed E-state index contributed by atoms with van der Waals surface area (Å²) in [7, 11) is -3.17. The Morgan fingerprint density at radius 3 is 2.00 bits per heavy atom. The lowest BCUT2D eigenvalue weighted by Gasteiger charge is -2.15. The molecule has 1 unspecified atom stereocenters. The van der Waals surface area contributed by atoms with Crippen molar-refractivity contribution < 1.29 is 8.42 Å². The van der Waals surface area contributed by atoms with E-state index in [-0.39, 0.29) is 0 Å². The van der Waals surface area contributed by atoms with E-state index < -0.39 is 15.1 Å². The maximum Gasteiger partial charge on any atom is 0.157 e. The van der Waals surface area contributed by atoms with Gasteiger partial charge >= 0.3 is 0 Å². The summed E-state index contributed by atoms with van der Waals surface area (Å²) in [5.74, 6) is 0.969. The van der Waals surface area contributed by atoms with Crippen molar-refractivity contribution in [2.75, 3.05) is 12.8 Å². The van der Waals surface area contributed by atoms with Crippen LogP contribution in [0, 0.1) is 19.8 Å². The van der Waals surface area contributed by atoms with E-state index in [1.807, 2.05) is 13.8 Å². The largest absolute Gasteiger partial charge is 0.312 e. The van der Waals surface area contributed by atoms with Crippen LogP contribution in [0.5, 0.6) is 0 Å². The molecular formula is C14H25N3O2S. The third-order valence-corrected chi connectivity index (χ3v) is 4.79. The molecule has 0 saturated carbocycles. The topological polar surface area (TPSA) is 72.0 Å². The van der Waals surface area contributed by atoms with Gasteiger partial charge in [0, 0.05) is 29.8 Å². The molecule has 0 aromatic carbocycles. The van der Waals surface area contributed by atoms with E-state index >= 15 is 0 Å². The van der Waals surface area contributed by atoms with Crippen LogP contribution in [0.25, 0.3) is 0 Å². The van der Waals surface area contributed by atoms with Crippen LogP contribution in [0.2, 0.25) is 0 Å². The van der Waals surface area contributed by atoms with Gasteiger partial charge in [0.25, 0.3) is 0 Å². The summed E-state index contributed by atoms with van der Waals surface area (Å²) in [6.07, 6.45) is 1.21. The summed E-state index contributed by atoms with van der Waals surface area (Å²) in [6, 6.07) is 0. The van der Waals surface area contributed by atoms with Crippen LogP contribution < -0.4 is 5.32 Å². The first kappa shape index (κ1) is 17.0. The molecule has 1 N–H and O–H groups in total. The Labute approximate surface area is 122 Å². The molecule has 0 bridgehead atoms. The average Bonchev–Trinajstić information content (AvgIpc) is 2.29. The number of rotatable bonds is 6. The fraction of sp³-hybridized carbons (Fsp3) is 0.714. The number of nitrogens with zero attached hydrogens (tertiary/aromatic N) is 2.